The Labute approximate surface area is 84.2 Å². The number of nitrogens with two attached hydrogens (primary N) is 2. The van der Waals surface area contributed by atoms with E-state index in [2.05, 4.69) is 5.32 Å². The van der Waals surface area contributed by atoms with Gasteiger partial charge in [0.05, 0.1) is 11.4 Å². The normalized spacial score (nSPS) is 10.1. The molecule has 0 aliphatic rings. The number of hydrogen-bond donors (Lipinski definition) is 3. The van der Waals surface area contributed by atoms with Crippen LogP contribution < -0.4 is 16.8 Å². The molecular weight excluding hydrogens is 178 g/mol. The number of ether oxygens (including phenoxy) is 1. The highest BCUT2D eigenvalue weighted by Gasteiger charge is 1.96. The largest absolute Gasteiger partial charge is 0.397 e. The van der Waals surface area contributed by atoms with Crippen molar-refractivity contribution in [2.24, 2.45) is 0 Å². The van der Waals surface area contributed by atoms with E-state index in [1.807, 2.05) is 12.1 Å². The number of methoxy groups -OCH3 is 1. The molecule has 1 aromatic rings. The summed E-state index contributed by atoms with van der Waals surface area (Å²) in [7, 11) is 1.70. The minimum atomic E-state index is 0.613. The SMILES string of the molecule is COCCCNc1ccc(N)c(N)c1. The maximum absolute atomic E-state index is 5.66. The Kier molecular flexibility index (Phi) is 4.07. The van der Waals surface area contributed by atoms with Crippen molar-refractivity contribution in [3.05, 3.63) is 18.2 Å². The monoisotopic (exact) mass is 195 g/mol. The fraction of sp³-hybridized carbons (Fsp3) is 0.400. The number of benzene rings is 1. The van der Waals surface area contributed by atoms with Crippen LogP contribution in [0.2, 0.25) is 0 Å². The molecule has 0 saturated heterocycles. The van der Waals surface area contributed by atoms with Gasteiger partial charge in [0.1, 0.15) is 0 Å². The molecule has 0 radical (unpaired) electrons. The van der Waals surface area contributed by atoms with Crippen LogP contribution in [-0.2, 0) is 4.74 Å². The first-order valence-corrected chi connectivity index (χ1v) is 4.62. The molecule has 0 aromatic heterocycles. The van der Waals surface area contributed by atoms with E-state index in [0.29, 0.717) is 11.4 Å². The van der Waals surface area contributed by atoms with Crippen molar-refractivity contribution >= 4 is 17.1 Å². The maximum atomic E-state index is 5.66. The zero-order valence-electron chi connectivity index (χ0n) is 8.42. The number of hydrogen-bond acceptors (Lipinski definition) is 4. The summed E-state index contributed by atoms with van der Waals surface area (Å²) in [6.07, 6.45) is 0.973. The van der Waals surface area contributed by atoms with Crippen LogP contribution in [0.3, 0.4) is 0 Å². The molecule has 0 aliphatic heterocycles. The van der Waals surface area contributed by atoms with Crippen LogP contribution in [0, 0.1) is 0 Å². The van der Waals surface area contributed by atoms with Gasteiger partial charge in [0.25, 0.3) is 0 Å². The lowest BCUT2D eigenvalue weighted by molar-refractivity contribution is 0.198. The van der Waals surface area contributed by atoms with Crippen LogP contribution in [-0.4, -0.2) is 20.3 Å². The third-order valence-electron chi connectivity index (χ3n) is 1.94. The van der Waals surface area contributed by atoms with E-state index in [-0.39, 0.29) is 0 Å². The maximum Gasteiger partial charge on any atom is 0.0568 e. The zero-order chi connectivity index (χ0) is 10.4. The second kappa shape index (κ2) is 5.34. The molecule has 78 valence electrons. The van der Waals surface area contributed by atoms with Crippen molar-refractivity contribution in [3.63, 3.8) is 0 Å². The van der Waals surface area contributed by atoms with Gasteiger partial charge in [-0.1, -0.05) is 0 Å². The van der Waals surface area contributed by atoms with E-state index in [9.17, 15) is 0 Å². The second-order valence-corrected chi connectivity index (χ2v) is 3.12. The lowest BCUT2D eigenvalue weighted by Crippen LogP contribution is -2.05. The van der Waals surface area contributed by atoms with Gasteiger partial charge in [-0.2, -0.15) is 0 Å². The molecule has 1 rings (SSSR count). The van der Waals surface area contributed by atoms with E-state index >= 15 is 0 Å². The Morgan fingerprint density at radius 2 is 2.07 bits per heavy atom. The molecule has 0 fully saturated rings. The standard InChI is InChI=1S/C10H17N3O/c1-14-6-2-5-13-8-3-4-9(11)10(12)7-8/h3-4,7,13H,2,5-6,11-12H2,1H3. The average Bonchev–Trinajstić information content (AvgIpc) is 2.18. The Morgan fingerprint density at radius 3 is 2.71 bits per heavy atom. The molecule has 0 amide bonds. The molecule has 0 unspecified atom stereocenters. The van der Waals surface area contributed by atoms with Crippen LogP contribution in [0.4, 0.5) is 17.1 Å². The van der Waals surface area contributed by atoms with Gasteiger partial charge < -0.3 is 21.5 Å². The predicted molar refractivity (Wildman–Crippen MR) is 60.2 cm³/mol. The van der Waals surface area contributed by atoms with Crippen molar-refractivity contribution in [2.75, 3.05) is 37.0 Å². The quantitative estimate of drug-likeness (QED) is 0.489. The van der Waals surface area contributed by atoms with Crippen LogP contribution in [0.5, 0.6) is 0 Å². The van der Waals surface area contributed by atoms with Gasteiger partial charge in [-0.3, -0.25) is 0 Å². The van der Waals surface area contributed by atoms with Crippen LogP contribution >= 0.6 is 0 Å². The summed E-state index contributed by atoms with van der Waals surface area (Å²) in [6.45, 7) is 1.63. The second-order valence-electron chi connectivity index (χ2n) is 3.12. The molecule has 0 saturated carbocycles. The molecule has 14 heavy (non-hydrogen) atoms. The number of nitrogens with one attached hydrogen (secondary N) is 1. The molecule has 0 aliphatic carbocycles. The van der Waals surface area contributed by atoms with Crippen LogP contribution in [0.25, 0.3) is 0 Å². The summed E-state index contributed by atoms with van der Waals surface area (Å²) < 4.78 is 4.94. The van der Waals surface area contributed by atoms with Gasteiger partial charge >= 0.3 is 0 Å². The highest BCUT2D eigenvalue weighted by atomic mass is 16.5. The number of anilines is 3. The van der Waals surface area contributed by atoms with E-state index in [0.717, 1.165) is 25.3 Å². The van der Waals surface area contributed by atoms with Crippen LogP contribution in [0.15, 0.2) is 18.2 Å². The van der Waals surface area contributed by atoms with Gasteiger partial charge in [-0.05, 0) is 24.6 Å². The minimum absolute atomic E-state index is 0.613. The van der Waals surface area contributed by atoms with Gasteiger partial charge in [0.2, 0.25) is 0 Å². The molecular formula is C10H17N3O. The summed E-state index contributed by atoms with van der Waals surface area (Å²) in [6, 6.07) is 5.55. The summed E-state index contributed by atoms with van der Waals surface area (Å²) >= 11 is 0. The van der Waals surface area contributed by atoms with Gasteiger partial charge in [0.15, 0.2) is 0 Å². The summed E-state index contributed by atoms with van der Waals surface area (Å²) in [5.41, 5.74) is 13.5. The lowest BCUT2D eigenvalue weighted by atomic mass is 10.2. The summed E-state index contributed by atoms with van der Waals surface area (Å²) in [4.78, 5) is 0. The topological polar surface area (TPSA) is 73.3 Å². The first kappa shape index (κ1) is 10.7. The Balaban J connectivity index is 2.39. The first-order valence-electron chi connectivity index (χ1n) is 4.62. The van der Waals surface area contributed by atoms with Crippen molar-refractivity contribution in [1.82, 2.24) is 0 Å². The molecule has 1 aromatic carbocycles. The van der Waals surface area contributed by atoms with Crippen molar-refractivity contribution in [3.8, 4) is 0 Å². The Morgan fingerprint density at radius 1 is 1.29 bits per heavy atom. The van der Waals surface area contributed by atoms with E-state index < -0.39 is 0 Å². The average molecular weight is 195 g/mol. The minimum Gasteiger partial charge on any atom is -0.397 e. The molecule has 4 heteroatoms. The highest BCUT2D eigenvalue weighted by molar-refractivity contribution is 5.69. The van der Waals surface area contributed by atoms with Crippen molar-refractivity contribution in [2.45, 2.75) is 6.42 Å². The molecule has 0 spiro atoms. The first-order chi connectivity index (χ1) is 6.74. The van der Waals surface area contributed by atoms with Gasteiger partial charge in [-0.15, -0.1) is 0 Å². The third-order valence-corrected chi connectivity index (χ3v) is 1.94. The molecule has 0 heterocycles. The van der Waals surface area contributed by atoms with Crippen molar-refractivity contribution < 1.29 is 4.74 Å². The third kappa shape index (κ3) is 3.14. The Hall–Kier alpha value is -1.42. The van der Waals surface area contributed by atoms with Crippen molar-refractivity contribution in [1.29, 1.82) is 0 Å². The van der Waals surface area contributed by atoms with Gasteiger partial charge in [-0.25, -0.2) is 0 Å². The van der Waals surface area contributed by atoms with Crippen LogP contribution in [0.1, 0.15) is 6.42 Å². The summed E-state index contributed by atoms with van der Waals surface area (Å²) in [5.74, 6) is 0. The smallest absolute Gasteiger partial charge is 0.0568 e. The fourth-order valence-corrected chi connectivity index (χ4v) is 1.13. The molecule has 5 N–H and O–H groups in total. The van der Waals surface area contributed by atoms with E-state index in [1.54, 1.807) is 13.2 Å². The highest BCUT2D eigenvalue weighted by Crippen LogP contribution is 2.19. The fourth-order valence-electron chi connectivity index (χ4n) is 1.13. The zero-order valence-corrected chi connectivity index (χ0v) is 8.42. The number of rotatable bonds is 5. The predicted octanol–water partition coefficient (Wildman–Crippen LogP) is 1.30. The molecule has 0 bridgehead atoms. The van der Waals surface area contributed by atoms with E-state index in [4.69, 9.17) is 16.2 Å². The Bertz CT molecular complexity index is 289. The molecule has 4 nitrogen and oxygen atoms in total. The lowest BCUT2D eigenvalue weighted by Gasteiger charge is -2.07. The van der Waals surface area contributed by atoms with Gasteiger partial charge in [0, 0.05) is 25.9 Å². The summed E-state index contributed by atoms with van der Waals surface area (Å²) in [5, 5.41) is 3.23. The number of nitrogen functional groups attached to an aromatic ring is 2. The van der Waals surface area contributed by atoms with E-state index in [1.165, 1.54) is 0 Å². The molecule has 0 atom stereocenters.